The zero-order valence-electron chi connectivity index (χ0n) is 22.1. The van der Waals surface area contributed by atoms with Crippen LogP contribution < -0.4 is 10.5 Å². The van der Waals surface area contributed by atoms with Crippen molar-refractivity contribution >= 4 is 22.8 Å². The van der Waals surface area contributed by atoms with Gasteiger partial charge >= 0.3 is 6.61 Å². The van der Waals surface area contributed by atoms with E-state index >= 15 is 4.39 Å². The van der Waals surface area contributed by atoms with Crippen LogP contribution in [0.25, 0.3) is 22.0 Å². The molecular weight excluding hydrogens is 529 g/mol. The fourth-order valence-electron chi connectivity index (χ4n) is 5.25. The SMILES string of the molecule is C[C@@H]1CN(C(=O)CO)CCN1c1ncc(-c2ccc3c(=O)n(C)n(CC4=CCCC=C4OC(F)F)c3c2F)cn1. The minimum atomic E-state index is -3.00. The van der Waals surface area contributed by atoms with E-state index in [1.54, 1.807) is 17.1 Å². The van der Waals surface area contributed by atoms with Crippen molar-refractivity contribution in [3.05, 3.63) is 64.2 Å². The first-order valence-corrected chi connectivity index (χ1v) is 12.9. The number of aliphatic hydroxyl groups excluding tert-OH is 1. The average Bonchev–Trinajstić information content (AvgIpc) is 3.19. The van der Waals surface area contributed by atoms with E-state index in [0.717, 1.165) is 0 Å². The van der Waals surface area contributed by atoms with E-state index in [4.69, 9.17) is 5.11 Å². The Balaban J connectivity index is 1.45. The zero-order chi connectivity index (χ0) is 28.6. The van der Waals surface area contributed by atoms with Gasteiger partial charge in [0.25, 0.3) is 5.56 Å². The molecule has 1 atom stereocenters. The van der Waals surface area contributed by atoms with Crippen molar-refractivity contribution in [2.24, 2.45) is 7.05 Å². The number of benzene rings is 1. The lowest BCUT2D eigenvalue weighted by atomic mass is 10.0. The van der Waals surface area contributed by atoms with E-state index < -0.39 is 24.6 Å². The standard InChI is InChI=1S/C27H29F3N6O4/c1-16-13-34(22(38)15-37)9-10-35(16)27-31-11-18(12-32-27)19-7-8-20-24(23(19)28)36(33(2)25(20)39)14-17-5-3-4-6-21(17)40-26(29)30/h5-8,11-12,16,26,37H,3-4,9-10,13-15H2,1-2H3/t16-/m1/s1. The highest BCUT2D eigenvalue weighted by atomic mass is 19.3. The summed E-state index contributed by atoms with van der Waals surface area (Å²) in [6.07, 6.45) is 7.47. The third-order valence-electron chi connectivity index (χ3n) is 7.32. The number of carbonyl (C=O) groups excluding carboxylic acids is 1. The van der Waals surface area contributed by atoms with Gasteiger partial charge in [0.05, 0.1) is 11.9 Å². The second kappa shape index (κ2) is 11.2. The minimum Gasteiger partial charge on any atom is -0.435 e. The van der Waals surface area contributed by atoms with E-state index in [1.165, 1.54) is 40.9 Å². The van der Waals surface area contributed by atoms with Gasteiger partial charge in [0.2, 0.25) is 11.9 Å². The molecule has 13 heteroatoms. The smallest absolute Gasteiger partial charge is 0.387 e. The van der Waals surface area contributed by atoms with Crippen molar-refractivity contribution in [3.63, 3.8) is 0 Å². The molecule has 0 spiro atoms. The number of aromatic nitrogens is 4. The highest BCUT2D eigenvalue weighted by molar-refractivity contribution is 5.85. The Labute approximate surface area is 227 Å². The fourth-order valence-corrected chi connectivity index (χ4v) is 5.25. The Morgan fingerprint density at radius 3 is 2.58 bits per heavy atom. The molecule has 0 radical (unpaired) electrons. The summed E-state index contributed by atoms with van der Waals surface area (Å²) < 4.78 is 49.3. The first-order chi connectivity index (χ1) is 19.2. The van der Waals surface area contributed by atoms with Gasteiger partial charge in [0.15, 0.2) is 5.82 Å². The molecule has 3 heterocycles. The van der Waals surface area contributed by atoms with Gasteiger partial charge in [-0.25, -0.2) is 14.4 Å². The number of nitrogens with zero attached hydrogens (tertiary/aromatic N) is 6. The number of halogens is 3. The van der Waals surface area contributed by atoms with Crippen molar-refractivity contribution in [3.8, 4) is 11.1 Å². The van der Waals surface area contributed by atoms with Crippen molar-refractivity contribution in [1.82, 2.24) is 24.2 Å². The number of amides is 1. The van der Waals surface area contributed by atoms with Crippen LogP contribution in [0, 0.1) is 5.82 Å². The number of carbonyl (C=O) groups is 1. The lowest BCUT2D eigenvalue weighted by Crippen LogP contribution is -2.54. The van der Waals surface area contributed by atoms with E-state index in [9.17, 15) is 18.4 Å². The molecule has 1 N–H and O–H groups in total. The normalized spacial score (nSPS) is 17.8. The number of piperazine rings is 1. The molecule has 0 bridgehead atoms. The molecule has 1 aliphatic heterocycles. The Morgan fingerprint density at radius 2 is 1.90 bits per heavy atom. The predicted octanol–water partition coefficient (Wildman–Crippen LogP) is 2.81. The van der Waals surface area contributed by atoms with Gasteiger partial charge in [-0.2, -0.15) is 8.78 Å². The van der Waals surface area contributed by atoms with Crippen LogP contribution in [0.1, 0.15) is 19.8 Å². The first-order valence-electron chi connectivity index (χ1n) is 12.9. The quantitative estimate of drug-likeness (QED) is 0.476. The van der Waals surface area contributed by atoms with Gasteiger partial charge < -0.3 is 19.6 Å². The average molecular weight is 559 g/mol. The van der Waals surface area contributed by atoms with Gasteiger partial charge in [-0.15, -0.1) is 0 Å². The third-order valence-corrected chi connectivity index (χ3v) is 7.32. The highest BCUT2D eigenvalue weighted by Gasteiger charge is 2.28. The number of alkyl halides is 2. The van der Waals surface area contributed by atoms with Gasteiger partial charge in [0.1, 0.15) is 17.9 Å². The summed E-state index contributed by atoms with van der Waals surface area (Å²) in [6.45, 7) is -0.346. The fraction of sp³-hybridized carbons (Fsp3) is 0.407. The molecular formula is C27H29F3N6O4. The van der Waals surface area contributed by atoms with Crippen molar-refractivity contribution < 1.29 is 27.8 Å². The molecule has 1 amide bonds. The van der Waals surface area contributed by atoms with Crippen molar-refractivity contribution in [2.45, 2.75) is 39.0 Å². The van der Waals surface area contributed by atoms with Crippen molar-refractivity contribution in [1.29, 1.82) is 0 Å². The molecule has 2 aliphatic rings. The largest absolute Gasteiger partial charge is 0.435 e. The maximum Gasteiger partial charge on any atom is 0.387 e. The molecule has 2 aromatic heterocycles. The van der Waals surface area contributed by atoms with Crippen LogP contribution in [0.4, 0.5) is 19.1 Å². The van der Waals surface area contributed by atoms with Gasteiger partial charge in [-0.05, 0) is 31.9 Å². The number of hydrogen-bond acceptors (Lipinski definition) is 7. The number of ether oxygens (including phenoxy) is 1. The number of anilines is 1. The Morgan fingerprint density at radius 1 is 1.18 bits per heavy atom. The van der Waals surface area contributed by atoms with Crippen LogP contribution >= 0.6 is 0 Å². The molecule has 1 aliphatic carbocycles. The number of aliphatic hydroxyl groups is 1. The second-order valence-corrected chi connectivity index (χ2v) is 9.78. The van der Waals surface area contributed by atoms with Crippen LogP contribution in [0.15, 0.2) is 52.8 Å². The van der Waals surface area contributed by atoms with Gasteiger partial charge in [0, 0.05) is 61.8 Å². The Hall–Kier alpha value is -4.13. The molecule has 1 saturated heterocycles. The predicted molar refractivity (Wildman–Crippen MR) is 141 cm³/mol. The molecule has 3 aromatic rings. The molecule has 212 valence electrons. The number of allylic oxidation sites excluding steroid dienone is 3. The van der Waals surface area contributed by atoms with Crippen LogP contribution in [0.3, 0.4) is 0 Å². The lowest BCUT2D eigenvalue weighted by molar-refractivity contribution is -0.134. The Bertz CT molecular complexity index is 1550. The van der Waals surface area contributed by atoms with Crippen molar-refractivity contribution in [2.75, 3.05) is 31.1 Å². The number of hydrogen-bond donors (Lipinski definition) is 1. The molecule has 5 rings (SSSR count). The monoisotopic (exact) mass is 558 g/mol. The van der Waals surface area contributed by atoms with Crippen LogP contribution in [-0.2, 0) is 23.1 Å². The number of fused-ring (bicyclic) bond motifs is 1. The lowest BCUT2D eigenvalue weighted by Gasteiger charge is -2.39. The molecule has 0 unspecified atom stereocenters. The zero-order valence-corrected chi connectivity index (χ0v) is 22.1. The topological polar surface area (TPSA) is 106 Å². The first kappa shape index (κ1) is 27.4. The van der Waals surface area contributed by atoms with E-state index in [0.29, 0.717) is 49.6 Å². The minimum absolute atomic E-state index is 0.0203. The van der Waals surface area contributed by atoms with Crippen LogP contribution in [-0.4, -0.2) is 74.1 Å². The summed E-state index contributed by atoms with van der Waals surface area (Å²) in [7, 11) is 1.50. The van der Waals surface area contributed by atoms with E-state index in [-0.39, 0.29) is 40.7 Å². The van der Waals surface area contributed by atoms with Crippen LogP contribution in [0.5, 0.6) is 0 Å². The number of rotatable bonds is 7. The molecule has 1 aromatic carbocycles. The van der Waals surface area contributed by atoms with Crippen LogP contribution in [0.2, 0.25) is 0 Å². The van der Waals surface area contributed by atoms with E-state index in [1.807, 2.05) is 11.8 Å². The Kier molecular flexibility index (Phi) is 7.66. The summed E-state index contributed by atoms with van der Waals surface area (Å²) in [6, 6.07) is 2.93. The maximum absolute atomic E-state index is 16.1. The van der Waals surface area contributed by atoms with E-state index in [2.05, 4.69) is 14.7 Å². The molecule has 0 saturated carbocycles. The summed E-state index contributed by atoms with van der Waals surface area (Å²) >= 11 is 0. The van der Waals surface area contributed by atoms with Gasteiger partial charge in [-0.3, -0.25) is 19.0 Å². The summed E-state index contributed by atoms with van der Waals surface area (Å²) in [5.74, 6) is -0.547. The summed E-state index contributed by atoms with van der Waals surface area (Å²) in [5.41, 5.74) is 0.631. The molecule has 10 nitrogen and oxygen atoms in total. The molecule has 1 fully saturated rings. The maximum atomic E-state index is 16.1. The highest BCUT2D eigenvalue weighted by Crippen LogP contribution is 2.30. The second-order valence-electron chi connectivity index (χ2n) is 9.78. The summed E-state index contributed by atoms with van der Waals surface area (Å²) in [5, 5.41) is 9.28. The molecule has 40 heavy (non-hydrogen) atoms. The summed E-state index contributed by atoms with van der Waals surface area (Å²) in [4.78, 5) is 37.1. The van der Waals surface area contributed by atoms with Gasteiger partial charge in [-0.1, -0.05) is 12.1 Å². The third kappa shape index (κ3) is 5.08.